The van der Waals surface area contributed by atoms with E-state index >= 15 is 0 Å². The van der Waals surface area contributed by atoms with Gasteiger partial charge in [0.25, 0.3) is 0 Å². The number of nitrogens with one attached hydrogen (secondary N) is 1. The van der Waals surface area contributed by atoms with Crippen LogP contribution in [0, 0.1) is 45.8 Å². The van der Waals surface area contributed by atoms with Crippen molar-refractivity contribution in [2.75, 3.05) is 0 Å². The van der Waals surface area contributed by atoms with E-state index in [0.29, 0.717) is 6.42 Å². The average Bonchev–Trinajstić information content (AvgIpc) is 2.15. The summed E-state index contributed by atoms with van der Waals surface area (Å²) in [6.07, 6.45) is 0.489. The minimum atomic E-state index is -0.952. The van der Waals surface area contributed by atoms with Crippen molar-refractivity contribution in [3.05, 3.63) is 0 Å². The summed E-state index contributed by atoms with van der Waals surface area (Å²) in [5.74, 6) is -2.88. The summed E-state index contributed by atoms with van der Waals surface area (Å²) in [5, 5.41) is 20.2. The van der Waals surface area contributed by atoms with Crippen LogP contribution in [0.2, 0.25) is 0 Å². The van der Waals surface area contributed by atoms with E-state index in [1.807, 2.05) is 26.0 Å². The number of carbonyl (C=O) groups excluding carboxylic acids is 2. The summed E-state index contributed by atoms with van der Waals surface area (Å²) >= 11 is 0. The van der Waals surface area contributed by atoms with E-state index in [2.05, 4.69) is 5.32 Å². The van der Waals surface area contributed by atoms with Crippen molar-refractivity contribution in [1.29, 1.82) is 10.5 Å². The van der Waals surface area contributed by atoms with Gasteiger partial charge in [0.05, 0.1) is 12.1 Å². The monoisotopic (exact) mass is 233 g/mol. The number of nitrogens with zero attached hydrogens (tertiary/aromatic N) is 2. The first-order valence-electron chi connectivity index (χ1n) is 5.50. The van der Waals surface area contributed by atoms with E-state index in [4.69, 9.17) is 10.5 Å². The van der Waals surface area contributed by atoms with Crippen LogP contribution in [0.1, 0.15) is 27.2 Å². The van der Waals surface area contributed by atoms with Crippen LogP contribution in [0.3, 0.4) is 0 Å². The van der Waals surface area contributed by atoms with Gasteiger partial charge < -0.3 is 0 Å². The van der Waals surface area contributed by atoms with Crippen molar-refractivity contribution in [1.82, 2.24) is 5.32 Å². The van der Waals surface area contributed by atoms with Gasteiger partial charge in [0, 0.05) is 5.41 Å². The first-order valence-corrected chi connectivity index (χ1v) is 5.50. The van der Waals surface area contributed by atoms with Gasteiger partial charge >= 0.3 is 0 Å². The molecule has 17 heavy (non-hydrogen) atoms. The molecule has 0 spiro atoms. The number of hydrogen-bond donors (Lipinski definition) is 1. The fraction of sp³-hybridized carbons (Fsp3) is 0.667. The van der Waals surface area contributed by atoms with Gasteiger partial charge in [0.2, 0.25) is 11.8 Å². The molecule has 1 aliphatic heterocycles. The molecule has 1 N–H and O–H groups in total. The molecule has 0 aromatic carbocycles. The highest BCUT2D eigenvalue weighted by Crippen LogP contribution is 2.43. The number of carbonyl (C=O) groups is 2. The highest BCUT2D eigenvalue weighted by Gasteiger charge is 2.53. The standard InChI is InChI=1S/C12H15N3O2/c1-7(2)4-12(3)8(5-13)10(16)15-11(17)9(12)6-14/h7-9H,4H2,1-3H3,(H,15,16,17)/t8-,9+,12?. The van der Waals surface area contributed by atoms with Crippen LogP contribution >= 0.6 is 0 Å². The molecule has 3 atom stereocenters. The van der Waals surface area contributed by atoms with Gasteiger partial charge in [-0.1, -0.05) is 20.8 Å². The average molecular weight is 233 g/mol. The molecule has 0 bridgehead atoms. The Bertz CT molecular complexity index is 396. The Kier molecular flexibility index (Phi) is 3.53. The lowest BCUT2D eigenvalue weighted by molar-refractivity contribution is -0.144. The van der Waals surface area contributed by atoms with Crippen LogP contribution in [0.5, 0.6) is 0 Å². The molecule has 5 heteroatoms. The molecule has 90 valence electrons. The second kappa shape index (κ2) is 4.55. The molecular weight excluding hydrogens is 218 g/mol. The summed E-state index contributed by atoms with van der Waals surface area (Å²) in [7, 11) is 0. The first-order chi connectivity index (χ1) is 7.86. The predicted octanol–water partition coefficient (Wildman–Crippen LogP) is 0.975. The molecule has 1 unspecified atom stereocenters. The number of rotatable bonds is 2. The zero-order valence-corrected chi connectivity index (χ0v) is 10.2. The zero-order chi connectivity index (χ0) is 13.2. The molecule has 2 amide bonds. The molecule has 0 aromatic heterocycles. The molecule has 1 saturated heterocycles. The number of imide groups is 1. The van der Waals surface area contributed by atoms with E-state index in [0.717, 1.165) is 0 Å². The van der Waals surface area contributed by atoms with Gasteiger partial charge in [0.1, 0.15) is 11.8 Å². The largest absolute Gasteiger partial charge is 0.294 e. The Labute approximate surface area is 100 Å². The Balaban J connectivity index is 3.23. The molecule has 5 nitrogen and oxygen atoms in total. The molecule has 1 rings (SSSR count). The summed E-state index contributed by atoms with van der Waals surface area (Å²) in [6, 6.07) is 3.84. The number of piperidine rings is 1. The fourth-order valence-electron chi connectivity index (χ4n) is 2.56. The first kappa shape index (κ1) is 13.2. The molecular formula is C12H15N3O2. The number of amides is 2. The van der Waals surface area contributed by atoms with Gasteiger partial charge in [-0.2, -0.15) is 10.5 Å². The van der Waals surface area contributed by atoms with E-state index in [1.165, 1.54) is 0 Å². The fourth-order valence-corrected chi connectivity index (χ4v) is 2.56. The van der Waals surface area contributed by atoms with Crippen molar-refractivity contribution >= 4 is 11.8 Å². The molecule has 1 heterocycles. The quantitative estimate of drug-likeness (QED) is 0.719. The lowest BCUT2D eigenvalue weighted by Gasteiger charge is -2.40. The van der Waals surface area contributed by atoms with Crippen LogP contribution in [-0.4, -0.2) is 11.8 Å². The summed E-state index contributed by atoms with van der Waals surface area (Å²) < 4.78 is 0. The van der Waals surface area contributed by atoms with Crippen LogP contribution in [0.4, 0.5) is 0 Å². The zero-order valence-electron chi connectivity index (χ0n) is 10.2. The highest BCUT2D eigenvalue weighted by atomic mass is 16.2. The summed E-state index contributed by atoms with van der Waals surface area (Å²) in [6.45, 7) is 5.54. The van der Waals surface area contributed by atoms with Crippen molar-refractivity contribution in [2.24, 2.45) is 23.2 Å². The minimum Gasteiger partial charge on any atom is -0.294 e. The maximum Gasteiger partial charge on any atom is 0.244 e. The van der Waals surface area contributed by atoms with Gasteiger partial charge in [-0.05, 0) is 12.3 Å². The van der Waals surface area contributed by atoms with E-state index in [9.17, 15) is 9.59 Å². The minimum absolute atomic E-state index is 0.199. The lowest BCUT2D eigenvalue weighted by Crippen LogP contribution is -2.56. The Morgan fingerprint density at radius 1 is 1.24 bits per heavy atom. The Morgan fingerprint density at radius 3 is 1.94 bits per heavy atom. The van der Waals surface area contributed by atoms with Crippen LogP contribution < -0.4 is 5.32 Å². The SMILES string of the molecule is CC(C)CC1(C)[C@H](C#N)C(=O)NC(=O)[C@@H]1C#N. The van der Waals surface area contributed by atoms with Crippen molar-refractivity contribution in [2.45, 2.75) is 27.2 Å². The van der Waals surface area contributed by atoms with E-state index in [-0.39, 0.29) is 5.92 Å². The topological polar surface area (TPSA) is 93.8 Å². The molecule has 1 fully saturated rings. The van der Waals surface area contributed by atoms with Crippen molar-refractivity contribution < 1.29 is 9.59 Å². The normalized spacial score (nSPS) is 32.8. The second-order valence-corrected chi connectivity index (χ2v) is 5.08. The Hall–Kier alpha value is -1.88. The third kappa shape index (κ3) is 2.14. The smallest absolute Gasteiger partial charge is 0.244 e. The van der Waals surface area contributed by atoms with Crippen molar-refractivity contribution in [3.63, 3.8) is 0 Å². The highest BCUT2D eigenvalue weighted by molar-refractivity contribution is 6.03. The third-order valence-corrected chi connectivity index (χ3v) is 3.20. The van der Waals surface area contributed by atoms with E-state index in [1.54, 1.807) is 6.92 Å². The van der Waals surface area contributed by atoms with Crippen molar-refractivity contribution in [3.8, 4) is 12.1 Å². The van der Waals surface area contributed by atoms with Gasteiger partial charge in [0.15, 0.2) is 0 Å². The van der Waals surface area contributed by atoms with Gasteiger partial charge in [-0.15, -0.1) is 0 Å². The van der Waals surface area contributed by atoms with Gasteiger partial charge in [-0.25, -0.2) is 0 Å². The summed E-state index contributed by atoms with van der Waals surface area (Å²) in [4.78, 5) is 23.3. The van der Waals surface area contributed by atoms with E-state index < -0.39 is 29.1 Å². The number of hydrogen-bond acceptors (Lipinski definition) is 4. The molecule has 1 aliphatic rings. The molecule has 0 radical (unpaired) electrons. The molecule has 0 saturated carbocycles. The third-order valence-electron chi connectivity index (χ3n) is 3.20. The van der Waals surface area contributed by atoms with Crippen LogP contribution in [-0.2, 0) is 9.59 Å². The molecule has 0 aliphatic carbocycles. The number of nitriles is 2. The summed E-state index contributed by atoms with van der Waals surface area (Å²) in [5.41, 5.74) is -0.906. The van der Waals surface area contributed by atoms with Gasteiger partial charge in [-0.3, -0.25) is 14.9 Å². The van der Waals surface area contributed by atoms with Crippen LogP contribution in [0.25, 0.3) is 0 Å². The second-order valence-electron chi connectivity index (χ2n) is 5.08. The van der Waals surface area contributed by atoms with Crippen LogP contribution in [0.15, 0.2) is 0 Å². The maximum atomic E-state index is 11.6. The molecule has 0 aromatic rings. The lowest BCUT2D eigenvalue weighted by atomic mass is 9.62. The Morgan fingerprint density at radius 2 is 1.65 bits per heavy atom. The predicted molar refractivity (Wildman–Crippen MR) is 58.9 cm³/mol. The maximum absolute atomic E-state index is 11.6.